The molecular formula is C13H19ClN2O2. The zero-order valence-electron chi connectivity index (χ0n) is 10.9. The predicted octanol–water partition coefficient (Wildman–Crippen LogP) is 3.42. The minimum atomic E-state index is -0.429. The second-order valence-corrected chi connectivity index (χ2v) is 4.92. The number of hydrogen-bond acceptors (Lipinski definition) is 3. The average Bonchev–Trinajstić information content (AvgIpc) is 2.33. The van der Waals surface area contributed by atoms with Crippen molar-refractivity contribution in [2.24, 2.45) is 5.92 Å². The van der Waals surface area contributed by atoms with Crippen LogP contribution in [0.3, 0.4) is 0 Å². The lowest BCUT2D eigenvalue weighted by molar-refractivity contribution is -0.384. The summed E-state index contributed by atoms with van der Waals surface area (Å²) in [6, 6.07) is 5.11. The molecule has 18 heavy (non-hydrogen) atoms. The standard InChI is InChI=1S/C13H19ClN2O2/c1-4-13(15-3)9(2)7-10-5-6-11(16(17)18)8-12(10)14/h5-6,8-9,13,15H,4,7H2,1-3H3. The molecule has 0 amide bonds. The molecule has 0 spiro atoms. The Kier molecular flexibility index (Phi) is 5.56. The minimum Gasteiger partial charge on any atom is -0.317 e. The van der Waals surface area contributed by atoms with E-state index >= 15 is 0 Å². The number of nitrogens with zero attached hydrogens (tertiary/aromatic N) is 1. The zero-order valence-corrected chi connectivity index (χ0v) is 11.7. The van der Waals surface area contributed by atoms with E-state index < -0.39 is 4.92 Å². The Morgan fingerprint density at radius 3 is 2.61 bits per heavy atom. The molecule has 100 valence electrons. The SMILES string of the molecule is CCC(NC)C(C)Cc1ccc([N+](=O)[O-])cc1Cl. The molecule has 1 aromatic rings. The van der Waals surface area contributed by atoms with Crippen molar-refractivity contribution in [1.29, 1.82) is 0 Å². The van der Waals surface area contributed by atoms with Gasteiger partial charge in [-0.05, 0) is 31.4 Å². The first-order valence-electron chi connectivity index (χ1n) is 6.09. The van der Waals surface area contributed by atoms with Gasteiger partial charge in [-0.3, -0.25) is 10.1 Å². The third-order valence-corrected chi connectivity index (χ3v) is 3.64. The lowest BCUT2D eigenvalue weighted by Gasteiger charge is -2.22. The van der Waals surface area contributed by atoms with Crippen LogP contribution in [0.15, 0.2) is 18.2 Å². The summed E-state index contributed by atoms with van der Waals surface area (Å²) < 4.78 is 0. The van der Waals surface area contributed by atoms with Gasteiger partial charge >= 0.3 is 0 Å². The van der Waals surface area contributed by atoms with E-state index in [1.165, 1.54) is 12.1 Å². The number of benzene rings is 1. The first-order chi connectivity index (χ1) is 8.49. The molecule has 0 heterocycles. The summed E-state index contributed by atoms with van der Waals surface area (Å²) >= 11 is 6.08. The third-order valence-electron chi connectivity index (χ3n) is 3.29. The lowest BCUT2D eigenvalue weighted by atomic mass is 9.92. The maximum absolute atomic E-state index is 10.6. The fraction of sp³-hybridized carbons (Fsp3) is 0.538. The largest absolute Gasteiger partial charge is 0.317 e. The molecule has 0 radical (unpaired) electrons. The number of nitro groups is 1. The van der Waals surface area contributed by atoms with E-state index in [1.807, 2.05) is 7.05 Å². The van der Waals surface area contributed by atoms with Gasteiger partial charge in [-0.25, -0.2) is 0 Å². The quantitative estimate of drug-likeness (QED) is 0.636. The topological polar surface area (TPSA) is 55.2 Å². The van der Waals surface area contributed by atoms with Crippen molar-refractivity contribution < 1.29 is 4.92 Å². The van der Waals surface area contributed by atoms with Crippen molar-refractivity contribution in [1.82, 2.24) is 5.32 Å². The Morgan fingerprint density at radius 2 is 2.17 bits per heavy atom. The first-order valence-corrected chi connectivity index (χ1v) is 6.47. The van der Waals surface area contributed by atoms with Crippen molar-refractivity contribution in [3.8, 4) is 0 Å². The molecule has 0 aliphatic carbocycles. The molecule has 1 N–H and O–H groups in total. The summed E-state index contributed by atoms with van der Waals surface area (Å²) in [5, 5.41) is 14.4. The Labute approximate surface area is 112 Å². The van der Waals surface area contributed by atoms with Gasteiger partial charge in [-0.2, -0.15) is 0 Å². The summed E-state index contributed by atoms with van der Waals surface area (Å²) in [4.78, 5) is 10.2. The van der Waals surface area contributed by atoms with Crippen LogP contribution in [0.25, 0.3) is 0 Å². The highest BCUT2D eigenvalue weighted by Gasteiger charge is 2.16. The lowest BCUT2D eigenvalue weighted by Crippen LogP contribution is -2.32. The Balaban J connectivity index is 2.82. The minimum absolute atomic E-state index is 0.0389. The van der Waals surface area contributed by atoms with Gasteiger partial charge in [0, 0.05) is 18.2 Å². The maximum Gasteiger partial charge on any atom is 0.270 e. The maximum atomic E-state index is 10.6. The smallest absolute Gasteiger partial charge is 0.270 e. The summed E-state index contributed by atoms with van der Waals surface area (Å²) in [6.45, 7) is 4.29. The van der Waals surface area contributed by atoms with Gasteiger partial charge in [-0.1, -0.05) is 31.5 Å². The van der Waals surface area contributed by atoms with Gasteiger partial charge in [-0.15, -0.1) is 0 Å². The van der Waals surface area contributed by atoms with Gasteiger partial charge in [0.05, 0.1) is 9.95 Å². The number of nitrogens with one attached hydrogen (secondary N) is 1. The first kappa shape index (κ1) is 14.9. The zero-order chi connectivity index (χ0) is 13.7. The molecule has 0 bridgehead atoms. The average molecular weight is 271 g/mol. The van der Waals surface area contributed by atoms with Crippen molar-refractivity contribution >= 4 is 17.3 Å². The van der Waals surface area contributed by atoms with Gasteiger partial charge in [0.25, 0.3) is 5.69 Å². The molecule has 4 nitrogen and oxygen atoms in total. The van der Waals surface area contributed by atoms with Gasteiger partial charge in [0.1, 0.15) is 0 Å². The van der Waals surface area contributed by atoms with Crippen molar-refractivity contribution in [2.75, 3.05) is 7.05 Å². The second kappa shape index (κ2) is 6.71. The molecular weight excluding hydrogens is 252 g/mol. The van der Waals surface area contributed by atoms with Crippen molar-refractivity contribution in [3.05, 3.63) is 38.9 Å². The summed E-state index contributed by atoms with van der Waals surface area (Å²) in [7, 11) is 1.95. The Hall–Kier alpha value is -1.13. The predicted molar refractivity (Wildman–Crippen MR) is 74.1 cm³/mol. The van der Waals surface area contributed by atoms with E-state index in [-0.39, 0.29) is 5.69 Å². The molecule has 0 saturated heterocycles. The van der Waals surface area contributed by atoms with Crippen LogP contribution in [0.4, 0.5) is 5.69 Å². The van der Waals surface area contributed by atoms with E-state index in [0.717, 1.165) is 18.4 Å². The molecule has 0 aromatic heterocycles. The number of hydrogen-bond donors (Lipinski definition) is 1. The van der Waals surface area contributed by atoms with Crippen LogP contribution in [-0.2, 0) is 6.42 Å². The number of rotatable bonds is 6. The van der Waals surface area contributed by atoms with Crippen LogP contribution in [-0.4, -0.2) is 18.0 Å². The van der Waals surface area contributed by atoms with E-state index in [2.05, 4.69) is 19.2 Å². The van der Waals surface area contributed by atoms with E-state index in [9.17, 15) is 10.1 Å². The van der Waals surface area contributed by atoms with Crippen molar-refractivity contribution in [2.45, 2.75) is 32.7 Å². The summed E-state index contributed by atoms with van der Waals surface area (Å²) in [6.07, 6.45) is 1.86. The molecule has 1 aromatic carbocycles. The monoisotopic (exact) mass is 270 g/mol. The van der Waals surface area contributed by atoms with Crippen LogP contribution in [0.1, 0.15) is 25.8 Å². The molecule has 0 saturated carbocycles. The van der Waals surface area contributed by atoms with Gasteiger partial charge < -0.3 is 5.32 Å². The highest BCUT2D eigenvalue weighted by atomic mass is 35.5. The molecule has 2 atom stereocenters. The molecule has 1 rings (SSSR count). The second-order valence-electron chi connectivity index (χ2n) is 4.52. The number of halogens is 1. The molecule has 0 aliphatic heterocycles. The van der Waals surface area contributed by atoms with Gasteiger partial charge in [0.2, 0.25) is 0 Å². The Morgan fingerprint density at radius 1 is 1.50 bits per heavy atom. The third kappa shape index (κ3) is 3.68. The molecule has 0 aliphatic rings. The van der Waals surface area contributed by atoms with Crippen LogP contribution in [0, 0.1) is 16.0 Å². The van der Waals surface area contributed by atoms with E-state index in [1.54, 1.807) is 6.07 Å². The highest BCUT2D eigenvalue weighted by Crippen LogP contribution is 2.25. The fourth-order valence-corrected chi connectivity index (χ4v) is 2.45. The summed E-state index contributed by atoms with van der Waals surface area (Å²) in [5.74, 6) is 0.430. The van der Waals surface area contributed by atoms with Crippen LogP contribution < -0.4 is 5.32 Å². The highest BCUT2D eigenvalue weighted by molar-refractivity contribution is 6.31. The van der Waals surface area contributed by atoms with E-state index in [4.69, 9.17) is 11.6 Å². The van der Waals surface area contributed by atoms with Crippen LogP contribution >= 0.6 is 11.6 Å². The summed E-state index contributed by atoms with van der Waals surface area (Å²) in [5.41, 5.74) is 1.00. The van der Waals surface area contributed by atoms with Crippen LogP contribution in [0.5, 0.6) is 0 Å². The van der Waals surface area contributed by atoms with Crippen molar-refractivity contribution in [3.63, 3.8) is 0 Å². The van der Waals surface area contributed by atoms with Crippen LogP contribution in [0.2, 0.25) is 5.02 Å². The fourth-order valence-electron chi connectivity index (χ4n) is 2.20. The van der Waals surface area contributed by atoms with E-state index in [0.29, 0.717) is 17.0 Å². The van der Waals surface area contributed by atoms with Gasteiger partial charge in [0.15, 0.2) is 0 Å². The number of nitro benzene ring substituents is 1. The molecule has 0 fully saturated rings. The molecule has 2 unspecified atom stereocenters. The normalized spacial score (nSPS) is 14.2. The molecule has 5 heteroatoms. The Bertz CT molecular complexity index is 419. The number of non-ortho nitro benzene ring substituents is 1.